The van der Waals surface area contributed by atoms with Crippen LogP contribution in [0.3, 0.4) is 0 Å². The summed E-state index contributed by atoms with van der Waals surface area (Å²) in [5.74, 6) is 0.801. The number of aryl methyl sites for hydroxylation is 3. The van der Waals surface area contributed by atoms with E-state index in [-0.39, 0.29) is 6.04 Å². The molecule has 1 aromatic heterocycles. The Balaban J connectivity index is 2.01. The van der Waals surface area contributed by atoms with E-state index < -0.39 is 0 Å². The summed E-state index contributed by atoms with van der Waals surface area (Å²) in [6.45, 7) is 4.22. The second kappa shape index (κ2) is 5.54. The molecule has 0 saturated carbocycles. The molecule has 0 amide bonds. The van der Waals surface area contributed by atoms with Gasteiger partial charge in [-0.2, -0.15) is 5.10 Å². The molecule has 0 fully saturated rings. The summed E-state index contributed by atoms with van der Waals surface area (Å²) in [5.41, 5.74) is 9.96. The average molecular weight is 262 g/mol. The monoisotopic (exact) mass is 262 g/mol. The summed E-state index contributed by atoms with van der Waals surface area (Å²) in [6, 6.07) is 6.41. The Kier molecular flexibility index (Phi) is 4.04. The van der Waals surface area contributed by atoms with Crippen molar-refractivity contribution in [1.82, 2.24) is 14.8 Å². The Morgan fingerprint density at radius 3 is 2.72 bits per heavy atom. The van der Waals surface area contributed by atoms with Crippen LogP contribution < -0.4 is 5.73 Å². The molecule has 0 aliphatic carbocycles. The number of rotatable bonds is 4. The lowest BCUT2D eigenvalue weighted by Crippen LogP contribution is -2.13. The molecule has 0 spiro atoms. The zero-order valence-corrected chi connectivity index (χ0v) is 11.7. The van der Waals surface area contributed by atoms with Gasteiger partial charge in [-0.3, -0.25) is 0 Å². The number of aromatic nitrogens is 3. The van der Waals surface area contributed by atoms with Crippen molar-refractivity contribution in [2.75, 3.05) is 5.75 Å². The molecule has 2 rings (SSSR count). The first-order valence-corrected chi connectivity index (χ1v) is 6.86. The molecule has 1 unspecified atom stereocenters. The van der Waals surface area contributed by atoms with E-state index in [2.05, 4.69) is 42.1 Å². The maximum absolute atomic E-state index is 6.20. The van der Waals surface area contributed by atoms with Gasteiger partial charge in [-0.05, 0) is 30.5 Å². The summed E-state index contributed by atoms with van der Waals surface area (Å²) in [4.78, 5) is 4.17. The van der Waals surface area contributed by atoms with Gasteiger partial charge >= 0.3 is 0 Å². The minimum atomic E-state index is 0.0194. The highest BCUT2D eigenvalue weighted by molar-refractivity contribution is 7.99. The summed E-state index contributed by atoms with van der Waals surface area (Å²) in [6.07, 6.45) is 1.56. The first-order valence-electron chi connectivity index (χ1n) is 5.87. The minimum Gasteiger partial charge on any atom is -0.323 e. The second-order valence-electron chi connectivity index (χ2n) is 4.43. The van der Waals surface area contributed by atoms with Crippen molar-refractivity contribution in [1.29, 1.82) is 0 Å². The van der Waals surface area contributed by atoms with E-state index in [0.717, 1.165) is 10.9 Å². The van der Waals surface area contributed by atoms with Crippen LogP contribution in [0, 0.1) is 13.8 Å². The molecular formula is C13H18N4S. The number of benzene rings is 1. The SMILES string of the molecule is Cc1ccc(C(N)CSc2ncnn2C)cc1C. The highest BCUT2D eigenvalue weighted by Gasteiger charge is 2.09. The highest BCUT2D eigenvalue weighted by atomic mass is 32.2. The van der Waals surface area contributed by atoms with Gasteiger partial charge in [0.15, 0.2) is 5.16 Å². The zero-order chi connectivity index (χ0) is 13.1. The van der Waals surface area contributed by atoms with Gasteiger partial charge in [0.05, 0.1) is 0 Å². The van der Waals surface area contributed by atoms with Crippen molar-refractivity contribution in [3.63, 3.8) is 0 Å². The van der Waals surface area contributed by atoms with Crippen molar-refractivity contribution in [3.05, 3.63) is 41.2 Å². The van der Waals surface area contributed by atoms with Gasteiger partial charge < -0.3 is 5.73 Å². The van der Waals surface area contributed by atoms with E-state index in [4.69, 9.17) is 5.73 Å². The van der Waals surface area contributed by atoms with Gasteiger partial charge in [0, 0.05) is 18.8 Å². The van der Waals surface area contributed by atoms with Crippen molar-refractivity contribution in [2.45, 2.75) is 25.0 Å². The largest absolute Gasteiger partial charge is 0.323 e. The number of hydrogen-bond donors (Lipinski definition) is 1. The van der Waals surface area contributed by atoms with Crippen LogP contribution >= 0.6 is 11.8 Å². The molecule has 18 heavy (non-hydrogen) atoms. The summed E-state index contributed by atoms with van der Waals surface area (Å²) in [5, 5.41) is 4.93. The van der Waals surface area contributed by atoms with E-state index in [0.29, 0.717) is 0 Å². The molecule has 4 nitrogen and oxygen atoms in total. The molecule has 2 N–H and O–H groups in total. The van der Waals surface area contributed by atoms with Crippen LogP contribution in [0.15, 0.2) is 29.7 Å². The molecule has 0 bridgehead atoms. The Morgan fingerprint density at radius 1 is 1.33 bits per heavy atom. The molecule has 1 heterocycles. The maximum Gasteiger partial charge on any atom is 0.185 e. The first-order chi connectivity index (χ1) is 8.58. The van der Waals surface area contributed by atoms with Crippen LogP contribution in [-0.4, -0.2) is 20.5 Å². The van der Waals surface area contributed by atoms with Crippen LogP contribution in [0.5, 0.6) is 0 Å². The van der Waals surface area contributed by atoms with E-state index in [1.165, 1.54) is 16.7 Å². The fourth-order valence-corrected chi connectivity index (χ4v) is 2.55. The molecule has 96 valence electrons. The predicted octanol–water partition coefficient (Wildman–Crippen LogP) is 2.22. The Labute approximate surface area is 112 Å². The van der Waals surface area contributed by atoms with Crippen LogP contribution in [0.1, 0.15) is 22.7 Å². The molecule has 0 saturated heterocycles. The summed E-state index contributed by atoms with van der Waals surface area (Å²) >= 11 is 1.63. The van der Waals surface area contributed by atoms with Crippen molar-refractivity contribution < 1.29 is 0 Å². The molecule has 5 heteroatoms. The van der Waals surface area contributed by atoms with Crippen LogP contribution in [0.2, 0.25) is 0 Å². The zero-order valence-electron chi connectivity index (χ0n) is 10.9. The van der Waals surface area contributed by atoms with Crippen LogP contribution in [0.4, 0.5) is 0 Å². The highest BCUT2D eigenvalue weighted by Crippen LogP contribution is 2.22. The Hall–Kier alpha value is -1.33. The third kappa shape index (κ3) is 2.91. The second-order valence-corrected chi connectivity index (χ2v) is 5.41. The molecule has 0 aliphatic rings. The van der Waals surface area contributed by atoms with Gasteiger partial charge in [-0.15, -0.1) is 0 Å². The van der Waals surface area contributed by atoms with Gasteiger partial charge in [0.25, 0.3) is 0 Å². The lowest BCUT2D eigenvalue weighted by Gasteiger charge is -2.13. The fourth-order valence-electron chi connectivity index (χ4n) is 1.67. The smallest absolute Gasteiger partial charge is 0.185 e. The Bertz CT molecular complexity index is 536. The lowest BCUT2D eigenvalue weighted by molar-refractivity contribution is 0.683. The summed E-state index contributed by atoms with van der Waals surface area (Å²) in [7, 11) is 1.89. The molecular weight excluding hydrogens is 244 g/mol. The van der Waals surface area contributed by atoms with Crippen molar-refractivity contribution in [2.24, 2.45) is 12.8 Å². The molecule has 0 radical (unpaired) electrons. The quantitative estimate of drug-likeness (QED) is 0.858. The number of hydrogen-bond acceptors (Lipinski definition) is 4. The number of thioether (sulfide) groups is 1. The van der Waals surface area contributed by atoms with E-state index in [1.807, 2.05) is 7.05 Å². The third-order valence-electron chi connectivity index (χ3n) is 3.02. The fraction of sp³-hybridized carbons (Fsp3) is 0.385. The van der Waals surface area contributed by atoms with Crippen molar-refractivity contribution >= 4 is 11.8 Å². The Morgan fingerprint density at radius 2 is 2.11 bits per heavy atom. The van der Waals surface area contributed by atoms with E-state index >= 15 is 0 Å². The normalized spacial score (nSPS) is 12.7. The van der Waals surface area contributed by atoms with Gasteiger partial charge in [-0.1, -0.05) is 30.0 Å². The maximum atomic E-state index is 6.20. The summed E-state index contributed by atoms with van der Waals surface area (Å²) < 4.78 is 1.76. The lowest BCUT2D eigenvalue weighted by atomic mass is 10.0. The molecule has 2 aromatic rings. The van der Waals surface area contributed by atoms with Crippen molar-refractivity contribution in [3.8, 4) is 0 Å². The first kappa shape index (κ1) is 13.1. The van der Waals surface area contributed by atoms with Gasteiger partial charge in [-0.25, -0.2) is 9.67 Å². The van der Waals surface area contributed by atoms with E-state index in [1.54, 1.807) is 22.8 Å². The number of nitrogens with zero attached hydrogens (tertiary/aromatic N) is 3. The molecule has 1 aromatic carbocycles. The van der Waals surface area contributed by atoms with Crippen LogP contribution in [-0.2, 0) is 7.05 Å². The average Bonchev–Trinajstić information content (AvgIpc) is 2.75. The molecule has 0 aliphatic heterocycles. The predicted molar refractivity (Wildman–Crippen MR) is 74.6 cm³/mol. The third-order valence-corrected chi connectivity index (χ3v) is 4.17. The van der Waals surface area contributed by atoms with E-state index in [9.17, 15) is 0 Å². The molecule has 1 atom stereocenters. The standard InChI is InChI=1S/C13H18N4S/c1-9-4-5-11(6-10(9)2)12(14)7-18-13-15-8-16-17(13)3/h4-6,8,12H,7,14H2,1-3H3. The van der Waals surface area contributed by atoms with Gasteiger partial charge in [0.1, 0.15) is 6.33 Å². The minimum absolute atomic E-state index is 0.0194. The van der Waals surface area contributed by atoms with Gasteiger partial charge in [0.2, 0.25) is 0 Å². The topological polar surface area (TPSA) is 56.7 Å². The number of nitrogens with two attached hydrogens (primary N) is 1. The van der Waals surface area contributed by atoms with Crippen LogP contribution in [0.25, 0.3) is 0 Å².